The van der Waals surface area contributed by atoms with Crippen LogP contribution in [0.4, 0.5) is 0 Å². The first kappa shape index (κ1) is 11.1. The van der Waals surface area contributed by atoms with Crippen molar-refractivity contribution in [3.63, 3.8) is 0 Å². The summed E-state index contributed by atoms with van der Waals surface area (Å²) in [6.45, 7) is 6.78. The van der Waals surface area contributed by atoms with Crippen molar-refractivity contribution in [3.05, 3.63) is 29.3 Å². The molecular formula is C12H19NO. The van der Waals surface area contributed by atoms with Gasteiger partial charge in [-0.05, 0) is 31.9 Å². The van der Waals surface area contributed by atoms with Crippen LogP contribution in [0.5, 0.6) is 5.75 Å². The molecule has 78 valence electrons. The summed E-state index contributed by atoms with van der Waals surface area (Å²) >= 11 is 0. The van der Waals surface area contributed by atoms with Gasteiger partial charge in [0.2, 0.25) is 0 Å². The molecule has 0 fully saturated rings. The van der Waals surface area contributed by atoms with Crippen LogP contribution in [-0.2, 0) is 6.54 Å². The molecule has 0 aliphatic heterocycles. The Labute approximate surface area is 86.1 Å². The molecule has 0 aromatic heterocycles. The number of hydrogen-bond donors (Lipinski definition) is 1. The molecule has 1 aromatic rings. The van der Waals surface area contributed by atoms with Gasteiger partial charge >= 0.3 is 0 Å². The lowest BCUT2D eigenvalue weighted by atomic mass is 10.1. The van der Waals surface area contributed by atoms with Gasteiger partial charge in [-0.25, -0.2) is 0 Å². The van der Waals surface area contributed by atoms with Gasteiger partial charge in [0.05, 0.1) is 6.10 Å². The first-order chi connectivity index (χ1) is 6.67. The van der Waals surface area contributed by atoms with Crippen molar-refractivity contribution in [3.8, 4) is 5.75 Å². The van der Waals surface area contributed by atoms with Crippen LogP contribution in [0.1, 0.15) is 31.4 Å². The minimum atomic E-state index is 0.252. The third kappa shape index (κ3) is 2.74. The van der Waals surface area contributed by atoms with Crippen molar-refractivity contribution < 1.29 is 4.74 Å². The largest absolute Gasteiger partial charge is 0.490 e. The lowest BCUT2D eigenvalue weighted by Crippen LogP contribution is -2.12. The molecule has 14 heavy (non-hydrogen) atoms. The van der Waals surface area contributed by atoms with Crippen molar-refractivity contribution in [2.75, 3.05) is 0 Å². The van der Waals surface area contributed by atoms with Crippen LogP contribution >= 0.6 is 0 Å². The quantitative estimate of drug-likeness (QED) is 0.797. The number of benzene rings is 1. The summed E-state index contributed by atoms with van der Waals surface area (Å²) in [4.78, 5) is 0. The summed E-state index contributed by atoms with van der Waals surface area (Å²) < 4.78 is 5.79. The molecule has 1 unspecified atom stereocenters. The lowest BCUT2D eigenvalue weighted by molar-refractivity contribution is 0.215. The van der Waals surface area contributed by atoms with E-state index in [0.29, 0.717) is 6.54 Å². The molecule has 2 nitrogen and oxygen atoms in total. The number of nitrogens with two attached hydrogens (primary N) is 1. The number of rotatable bonds is 4. The van der Waals surface area contributed by atoms with Crippen LogP contribution < -0.4 is 10.5 Å². The summed E-state index contributed by atoms with van der Waals surface area (Å²) in [7, 11) is 0. The molecule has 0 radical (unpaired) electrons. The Morgan fingerprint density at radius 2 is 2.14 bits per heavy atom. The molecule has 1 atom stereocenters. The predicted molar refractivity (Wildman–Crippen MR) is 59.5 cm³/mol. The molecule has 0 bridgehead atoms. The highest BCUT2D eigenvalue weighted by atomic mass is 16.5. The third-order valence-electron chi connectivity index (χ3n) is 2.35. The number of ether oxygens (including phenoxy) is 1. The molecule has 0 aliphatic carbocycles. The van der Waals surface area contributed by atoms with E-state index in [-0.39, 0.29) is 6.10 Å². The molecule has 0 spiro atoms. The van der Waals surface area contributed by atoms with Crippen LogP contribution in [0.15, 0.2) is 18.2 Å². The van der Waals surface area contributed by atoms with E-state index >= 15 is 0 Å². The molecule has 0 saturated carbocycles. The second-order valence-corrected chi connectivity index (χ2v) is 3.65. The minimum absolute atomic E-state index is 0.252. The first-order valence-corrected chi connectivity index (χ1v) is 5.13. The Morgan fingerprint density at radius 3 is 2.71 bits per heavy atom. The maximum atomic E-state index is 5.79. The van der Waals surface area contributed by atoms with Crippen molar-refractivity contribution in [1.82, 2.24) is 0 Å². The zero-order valence-electron chi connectivity index (χ0n) is 9.21. The molecule has 0 saturated heterocycles. The molecule has 1 rings (SSSR count). The molecule has 1 aromatic carbocycles. The Balaban J connectivity index is 2.87. The van der Waals surface area contributed by atoms with Crippen molar-refractivity contribution in [1.29, 1.82) is 0 Å². The van der Waals surface area contributed by atoms with Crippen LogP contribution in [-0.4, -0.2) is 6.10 Å². The Morgan fingerprint density at radius 1 is 1.43 bits per heavy atom. The van der Waals surface area contributed by atoms with Gasteiger partial charge in [-0.1, -0.05) is 19.1 Å². The van der Waals surface area contributed by atoms with E-state index in [1.54, 1.807) is 0 Å². The van der Waals surface area contributed by atoms with E-state index in [1.807, 2.05) is 12.1 Å². The summed E-state index contributed by atoms with van der Waals surface area (Å²) in [6, 6.07) is 6.15. The number of aryl methyl sites for hydroxylation is 1. The summed E-state index contributed by atoms with van der Waals surface area (Å²) in [6.07, 6.45) is 1.26. The standard InChI is InChI=1S/C12H19NO/c1-4-10(3)14-12-7-9(2)5-6-11(12)8-13/h5-7,10H,4,8,13H2,1-3H3. The van der Waals surface area contributed by atoms with E-state index < -0.39 is 0 Å². The van der Waals surface area contributed by atoms with Gasteiger partial charge in [0.1, 0.15) is 5.75 Å². The van der Waals surface area contributed by atoms with E-state index in [1.165, 1.54) is 5.56 Å². The average molecular weight is 193 g/mol. The molecule has 2 N–H and O–H groups in total. The van der Waals surface area contributed by atoms with Gasteiger partial charge < -0.3 is 10.5 Å². The summed E-state index contributed by atoms with van der Waals surface area (Å²) in [5.41, 5.74) is 7.93. The molecule has 0 aliphatic rings. The molecule has 2 heteroatoms. The van der Waals surface area contributed by atoms with Crippen molar-refractivity contribution >= 4 is 0 Å². The summed E-state index contributed by atoms with van der Waals surface area (Å²) in [5, 5.41) is 0. The monoisotopic (exact) mass is 193 g/mol. The zero-order chi connectivity index (χ0) is 10.6. The van der Waals surface area contributed by atoms with Gasteiger partial charge in [0.25, 0.3) is 0 Å². The summed E-state index contributed by atoms with van der Waals surface area (Å²) in [5.74, 6) is 0.932. The van der Waals surface area contributed by atoms with Crippen LogP contribution in [0.25, 0.3) is 0 Å². The highest BCUT2D eigenvalue weighted by Crippen LogP contribution is 2.21. The Kier molecular flexibility index (Phi) is 3.96. The average Bonchev–Trinajstić information content (AvgIpc) is 2.18. The van der Waals surface area contributed by atoms with Crippen LogP contribution in [0.2, 0.25) is 0 Å². The zero-order valence-corrected chi connectivity index (χ0v) is 9.21. The SMILES string of the molecule is CCC(C)Oc1cc(C)ccc1CN. The minimum Gasteiger partial charge on any atom is -0.490 e. The Hall–Kier alpha value is -1.02. The normalized spacial score (nSPS) is 12.6. The fraction of sp³-hybridized carbons (Fsp3) is 0.500. The maximum absolute atomic E-state index is 5.79. The van der Waals surface area contributed by atoms with Gasteiger partial charge in [0, 0.05) is 12.1 Å². The van der Waals surface area contributed by atoms with Crippen molar-refractivity contribution in [2.45, 2.75) is 39.8 Å². The molecular weight excluding hydrogens is 174 g/mol. The lowest BCUT2D eigenvalue weighted by Gasteiger charge is -2.16. The third-order valence-corrected chi connectivity index (χ3v) is 2.35. The second-order valence-electron chi connectivity index (χ2n) is 3.65. The Bertz CT molecular complexity index is 296. The van der Waals surface area contributed by atoms with Crippen LogP contribution in [0.3, 0.4) is 0 Å². The smallest absolute Gasteiger partial charge is 0.124 e. The fourth-order valence-electron chi connectivity index (χ4n) is 1.24. The van der Waals surface area contributed by atoms with Crippen molar-refractivity contribution in [2.24, 2.45) is 5.73 Å². The molecule has 0 amide bonds. The molecule has 0 heterocycles. The van der Waals surface area contributed by atoms with Gasteiger partial charge in [-0.3, -0.25) is 0 Å². The van der Waals surface area contributed by atoms with E-state index in [2.05, 4.69) is 26.8 Å². The highest BCUT2D eigenvalue weighted by Gasteiger charge is 2.05. The van der Waals surface area contributed by atoms with E-state index in [9.17, 15) is 0 Å². The van der Waals surface area contributed by atoms with Crippen LogP contribution in [0, 0.1) is 6.92 Å². The highest BCUT2D eigenvalue weighted by molar-refractivity contribution is 5.37. The van der Waals surface area contributed by atoms with Gasteiger partial charge in [-0.15, -0.1) is 0 Å². The van der Waals surface area contributed by atoms with E-state index in [4.69, 9.17) is 10.5 Å². The maximum Gasteiger partial charge on any atom is 0.124 e. The topological polar surface area (TPSA) is 35.2 Å². The number of hydrogen-bond acceptors (Lipinski definition) is 2. The van der Waals surface area contributed by atoms with Gasteiger partial charge in [0.15, 0.2) is 0 Å². The fourth-order valence-corrected chi connectivity index (χ4v) is 1.24. The predicted octanol–water partition coefficient (Wildman–Crippen LogP) is 2.63. The van der Waals surface area contributed by atoms with E-state index in [0.717, 1.165) is 17.7 Å². The first-order valence-electron chi connectivity index (χ1n) is 5.13. The second kappa shape index (κ2) is 5.01. The van der Waals surface area contributed by atoms with Gasteiger partial charge in [-0.2, -0.15) is 0 Å².